The van der Waals surface area contributed by atoms with Gasteiger partial charge in [-0.15, -0.1) is 0 Å². The van der Waals surface area contributed by atoms with Crippen LogP contribution in [0.1, 0.15) is 56.0 Å². The predicted octanol–water partition coefficient (Wildman–Crippen LogP) is 2.17. The van der Waals surface area contributed by atoms with Crippen LogP contribution in [0.25, 0.3) is 0 Å². The molecule has 0 radical (unpaired) electrons. The molecule has 0 saturated heterocycles. The minimum absolute atomic E-state index is 0.0751. The average molecular weight is 418 g/mol. The molecule has 0 aromatic heterocycles. The molecule has 7 nitrogen and oxygen atoms in total. The summed E-state index contributed by atoms with van der Waals surface area (Å²) >= 11 is 0. The van der Waals surface area contributed by atoms with Crippen molar-refractivity contribution in [2.75, 3.05) is 6.61 Å². The Morgan fingerprint density at radius 1 is 1.17 bits per heavy atom. The number of ether oxygens (including phenoxy) is 1. The maximum atomic E-state index is 12.8. The highest BCUT2D eigenvalue weighted by Gasteiger charge is 2.75. The second-order valence-corrected chi connectivity index (χ2v) is 10.4. The summed E-state index contributed by atoms with van der Waals surface area (Å²) in [7, 11) is 0. The van der Waals surface area contributed by atoms with Crippen molar-refractivity contribution in [3.8, 4) is 11.5 Å². The van der Waals surface area contributed by atoms with Crippen LogP contribution in [0.3, 0.4) is 0 Å². The van der Waals surface area contributed by atoms with Gasteiger partial charge in [0.15, 0.2) is 0 Å². The van der Waals surface area contributed by atoms with Gasteiger partial charge in [0.2, 0.25) is 0 Å². The molecule has 0 bridgehead atoms. The van der Waals surface area contributed by atoms with Gasteiger partial charge in [-0.3, -0.25) is 0 Å². The molecule has 3 aliphatic carbocycles. The lowest BCUT2D eigenvalue weighted by Crippen LogP contribution is -2.75. The van der Waals surface area contributed by atoms with Crippen molar-refractivity contribution in [3.63, 3.8) is 0 Å². The fourth-order valence-electron chi connectivity index (χ4n) is 6.43. The fraction of sp³-hybridized carbons (Fsp3) is 0.609. The van der Waals surface area contributed by atoms with Gasteiger partial charge in [-0.2, -0.15) is 0 Å². The molecule has 2 fully saturated rings. The molecule has 5 atom stereocenters. The van der Waals surface area contributed by atoms with Crippen molar-refractivity contribution >= 4 is 5.97 Å². The second-order valence-electron chi connectivity index (χ2n) is 10.4. The number of benzene rings is 1. The number of aromatic hydroxyl groups is 2. The second kappa shape index (κ2) is 6.22. The van der Waals surface area contributed by atoms with Gasteiger partial charge in [-0.1, -0.05) is 20.8 Å². The average Bonchev–Trinajstić information content (AvgIpc) is 2.86. The molecular formula is C23H30O7. The quantitative estimate of drug-likeness (QED) is 0.376. The Labute approximate surface area is 175 Å². The van der Waals surface area contributed by atoms with Gasteiger partial charge in [0.25, 0.3) is 0 Å². The molecule has 0 heterocycles. The van der Waals surface area contributed by atoms with Crippen molar-refractivity contribution in [1.29, 1.82) is 0 Å². The number of rotatable bonds is 3. The minimum Gasteiger partial charge on any atom is -0.508 e. The van der Waals surface area contributed by atoms with Gasteiger partial charge in [0.05, 0.1) is 12.2 Å². The lowest BCUT2D eigenvalue weighted by atomic mass is 9.43. The van der Waals surface area contributed by atoms with Crippen LogP contribution in [-0.4, -0.2) is 55.4 Å². The molecule has 1 aromatic rings. The van der Waals surface area contributed by atoms with Gasteiger partial charge in [-0.25, -0.2) is 4.79 Å². The topological polar surface area (TPSA) is 127 Å². The van der Waals surface area contributed by atoms with Crippen molar-refractivity contribution in [1.82, 2.24) is 0 Å². The number of aryl methyl sites for hydroxylation is 1. The molecule has 1 aromatic carbocycles. The molecular weight excluding hydrogens is 388 g/mol. The van der Waals surface area contributed by atoms with E-state index < -0.39 is 41.0 Å². The zero-order chi connectivity index (χ0) is 22.3. The number of esters is 1. The first-order valence-electron chi connectivity index (χ1n) is 10.3. The summed E-state index contributed by atoms with van der Waals surface area (Å²) in [5, 5.41) is 52.7. The van der Waals surface area contributed by atoms with Crippen molar-refractivity contribution in [3.05, 3.63) is 34.9 Å². The molecule has 4 rings (SSSR count). The lowest BCUT2D eigenvalue weighted by molar-refractivity contribution is -0.264. The van der Waals surface area contributed by atoms with Crippen LogP contribution in [0.4, 0.5) is 0 Å². The number of phenols is 2. The van der Waals surface area contributed by atoms with Crippen LogP contribution in [0.5, 0.6) is 11.5 Å². The van der Waals surface area contributed by atoms with E-state index >= 15 is 0 Å². The highest BCUT2D eigenvalue weighted by molar-refractivity contribution is 5.94. The van der Waals surface area contributed by atoms with E-state index in [0.29, 0.717) is 24.8 Å². The summed E-state index contributed by atoms with van der Waals surface area (Å²) in [6, 6.07) is 2.40. The van der Waals surface area contributed by atoms with E-state index in [0.717, 1.165) is 6.07 Å². The molecule has 164 valence electrons. The normalized spacial score (nSPS) is 38.8. The monoisotopic (exact) mass is 418 g/mol. The maximum absolute atomic E-state index is 12.8. The van der Waals surface area contributed by atoms with Crippen LogP contribution in [-0.2, 0) is 4.74 Å². The van der Waals surface area contributed by atoms with E-state index in [1.165, 1.54) is 6.07 Å². The van der Waals surface area contributed by atoms with Crippen LogP contribution < -0.4 is 0 Å². The molecule has 0 spiro atoms. The van der Waals surface area contributed by atoms with E-state index in [-0.39, 0.29) is 28.2 Å². The summed E-state index contributed by atoms with van der Waals surface area (Å²) in [5.41, 5.74) is -3.08. The number of hydrogen-bond donors (Lipinski definition) is 5. The first-order chi connectivity index (χ1) is 13.8. The predicted molar refractivity (Wildman–Crippen MR) is 108 cm³/mol. The van der Waals surface area contributed by atoms with Gasteiger partial charge in [0.1, 0.15) is 28.8 Å². The number of fused-ring (bicyclic) bond motifs is 3. The van der Waals surface area contributed by atoms with E-state index in [1.807, 2.05) is 6.92 Å². The van der Waals surface area contributed by atoms with E-state index in [1.54, 1.807) is 13.0 Å². The molecule has 0 amide bonds. The standard InChI is InChI=1S/C23H30O7/c1-12-5-14(25)6-15(26)18(12)19(27)30-17-9-21(4)16-8-20(2,3)11-22(16,28)7-13(10-24)23(17,21)29/h5-7,16-17,24-26,28-29H,8-11H2,1-4H3/t16?,17-,21-,22+,23+/m1/s1. The smallest absolute Gasteiger partial charge is 0.342 e. The third-order valence-electron chi connectivity index (χ3n) is 7.67. The fourth-order valence-corrected chi connectivity index (χ4v) is 6.43. The summed E-state index contributed by atoms with van der Waals surface area (Å²) in [4.78, 5) is 12.8. The van der Waals surface area contributed by atoms with Gasteiger partial charge >= 0.3 is 5.97 Å². The van der Waals surface area contributed by atoms with E-state index in [2.05, 4.69) is 13.8 Å². The van der Waals surface area contributed by atoms with Crippen molar-refractivity contribution in [2.45, 2.75) is 64.3 Å². The van der Waals surface area contributed by atoms with E-state index in [4.69, 9.17) is 4.74 Å². The Bertz CT molecular complexity index is 928. The van der Waals surface area contributed by atoms with E-state index in [9.17, 15) is 30.3 Å². The first kappa shape index (κ1) is 21.2. The highest BCUT2D eigenvalue weighted by atomic mass is 16.6. The Hall–Kier alpha value is -2.09. The molecule has 1 unspecified atom stereocenters. The first-order valence-corrected chi connectivity index (χ1v) is 10.3. The van der Waals surface area contributed by atoms with Crippen LogP contribution >= 0.6 is 0 Å². The summed E-state index contributed by atoms with van der Waals surface area (Å²) in [5.74, 6) is -1.62. The SMILES string of the molecule is Cc1cc(O)cc(O)c1C(=O)O[C@@H]1C[C@]2(C)C3CC(C)(C)C[C@@]3(O)C=C(CO)[C@]12O. The summed E-state index contributed by atoms with van der Waals surface area (Å²) in [6.45, 7) is 7.13. The van der Waals surface area contributed by atoms with Crippen LogP contribution in [0.15, 0.2) is 23.8 Å². The third-order valence-corrected chi connectivity index (χ3v) is 7.67. The van der Waals surface area contributed by atoms with Crippen LogP contribution in [0.2, 0.25) is 0 Å². The van der Waals surface area contributed by atoms with Gasteiger partial charge in [0, 0.05) is 17.4 Å². The minimum atomic E-state index is -1.60. The van der Waals surface area contributed by atoms with Gasteiger partial charge in [-0.05, 0) is 54.9 Å². The Balaban J connectivity index is 1.68. The molecule has 0 aliphatic heterocycles. The van der Waals surface area contributed by atoms with Crippen molar-refractivity contribution < 1.29 is 35.1 Å². The van der Waals surface area contributed by atoms with Crippen molar-refractivity contribution in [2.24, 2.45) is 16.7 Å². The lowest BCUT2D eigenvalue weighted by Gasteiger charge is -2.66. The zero-order valence-corrected chi connectivity index (χ0v) is 17.8. The maximum Gasteiger partial charge on any atom is 0.342 e. The third kappa shape index (κ3) is 2.65. The number of carbonyl (C=O) groups excluding carboxylic acids is 1. The summed E-state index contributed by atoms with van der Waals surface area (Å²) < 4.78 is 5.61. The molecule has 5 N–H and O–H groups in total. The van der Waals surface area contributed by atoms with Gasteiger partial charge < -0.3 is 30.3 Å². The molecule has 30 heavy (non-hydrogen) atoms. The Morgan fingerprint density at radius 2 is 1.83 bits per heavy atom. The molecule has 3 aliphatic rings. The molecule has 2 saturated carbocycles. The largest absolute Gasteiger partial charge is 0.508 e. The number of carbonyl (C=O) groups is 1. The van der Waals surface area contributed by atoms with Crippen LogP contribution in [0, 0.1) is 23.7 Å². The molecule has 7 heteroatoms. The number of phenolic OH excluding ortho intramolecular Hbond substituents is 2. The zero-order valence-electron chi connectivity index (χ0n) is 17.8. The summed E-state index contributed by atoms with van der Waals surface area (Å²) in [6.07, 6.45) is 2.21. The number of aliphatic hydroxyl groups excluding tert-OH is 1. The Kier molecular flexibility index (Phi) is 4.38. The highest BCUT2D eigenvalue weighted by Crippen LogP contribution is 2.69. The number of hydrogen-bond acceptors (Lipinski definition) is 7. The number of aliphatic hydroxyl groups is 3. The Morgan fingerprint density at radius 3 is 2.43 bits per heavy atom.